The van der Waals surface area contributed by atoms with E-state index in [2.05, 4.69) is 9.97 Å². The third kappa shape index (κ3) is 2.56. The molecule has 3 N–H and O–H groups in total. The van der Waals surface area contributed by atoms with Crippen LogP contribution in [-0.4, -0.2) is 30.7 Å². The molecule has 0 saturated heterocycles. The number of imidazole rings is 1. The Morgan fingerprint density at radius 3 is 2.53 bits per heavy atom. The van der Waals surface area contributed by atoms with Crippen LogP contribution >= 0.6 is 0 Å². The molecule has 0 aliphatic rings. The molecule has 102 valence electrons. The standard InChI is InChI=1S/C14H19N3O2/c1-9-6-13(19-3)10(7-12(9)18-2)11(8-15)14-16-4-5-17-14/h4-7,11H,8,15H2,1-3H3,(H,16,17). The number of hydrogen-bond acceptors (Lipinski definition) is 4. The Kier molecular flexibility index (Phi) is 4.06. The van der Waals surface area contributed by atoms with E-state index in [0.717, 1.165) is 28.5 Å². The number of ether oxygens (including phenoxy) is 2. The van der Waals surface area contributed by atoms with Crippen molar-refractivity contribution in [2.75, 3.05) is 20.8 Å². The summed E-state index contributed by atoms with van der Waals surface area (Å²) in [4.78, 5) is 7.39. The van der Waals surface area contributed by atoms with Crippen LogP contribution in [0.3, 0.4) is 0 Å². The molecule has 0 fully saturated rings. The third-order valence-electron chi connectivity index (χ3n) is 3.21. The highest BCUT2D eigenvalue weighted by atomic mass is 16.5. The predicted octanol–water partition coefficient (Wildman–Crippen LogP) is 1.83. The van der Waals surface area contributed by atoms with Crippen LogP contribution in [0.5, 0.6) is 11.5 Å². The number of H-pyrrole nitrogens is 1. The highest BCUT2D eigenvalue weighted by molar-refractivity contribution is 5.49. The van der Waals surface area contributed by atoms with Gasteiger partial charge in [0.15, 0.2) is 0 Å². The van der Waals surface area contributed by atoms with Crippen molar-refractivity contribution in [3.05, 3.63) is 41.5 Å². The van der Waals surface area contributed by atoms with Gasteiger partial charge in [0, 0.05) is 24.5 Å². The highest BCUT2D eigenvalue weighted by Gasteiger charge is 2.20. The van der Waals surface area contributed by atoms with Crippen LogP contribution in [0.2, 0.25) is 0 Å². The summed E-state index contributed by atoms with van der Waals surface area (Å²) in [7, 11) is 3.31. The minimum absolute atomic E-state index is 0.0422. The molecule has 1 heterocycles. The SMILES string of the molecule is COc1cc(C(CN)c2ncc[nH]2)c(OC)cc1C. The van der Waals surface area contributed by atoms with Crippen LogP contribution in [0, 0.1) is 6.92 Å². The molecule has 0 bridgehead atoms. The number of aryl methyl sites for hydroxylation is 1. The molecule has 0 radical (unpaired) electrons. The zero-order valence-electron chi connectivity index (χ0n) is 11.4. The van der Waals surface area contributed by atoms with E-state index in [1.54, 1.807) is 26.6 Å². The fraction of sp³-hybridized carbons (Fsp3) is 0.357. The van der Waals surface area contributed by atoms with Gasteiger partial charge in [-0.3, -0.25) is 0 Å². The van der Waals surface area contributed by atoms with E-state index in [4.69, 9.17) is 15.2 Å². The van der Waals surface area contributed by atoms with Crippen molar-refractivity contribution in [2.24, 2.45) is 5.73 Å². The molecule has 0 amide bonds. The largest absolute Gasteiger partial charge is 0.496 e. The van der Waals surface area contributed by atoms with Gasteiger partial charge in [0.1, 0.15) is 17.3 Å². The van der Waals surface area contributed by atoms with Gasteiger partial charge in [-0.2, -0.15) is 0 Å². The molecule has 0 spiro atoms. The molecule has 0 saturated carbocycles. The molecule has 0 aliphatic heterocycles. The summed E-state index contributed by atoms with van der Waals surface area (Å²) in [5.74, 6) is 2.40. The Bertz CT molecular complexity index is 538. The number of rotatable bonds is 5. The molecule has 2 rings (SSSR count). The second-order valence-corrected chi connectivity index (χ2v) is 4.33. The monoisotopic (exact) mass is 261 g/mol. The number of aromatic nitrogens is 2. The minimum atomic E-state index is -0.0422. The van der Waals surface area contributed by atoms with Gasteiger partial charge in [0.05, 0.1) is 20.1 Å². The summed E-state index contributed by atoms with van der Waals surface area (Å²) >= 11 is 0. The van der Waals surface area contributed by atoms with Gasteiger partial charge in [-0.15, -0.1) is 0 Å². The Morgan fingerprint density at radius 1 is 1.26 bits per heavy atom. The fourth-order valence-electron chi connectivity index (χ4n) is 2.20. The topological polar surface area (TPSA) is 73.2 Å². The zero-order valence-corrected chi connectivity index (χ0v) is 11.4. The van der Waals surface area contributed by atoms with Crippen molar-refractivity contribution in [3.63, 3.8) is 0 Å². The molecule has 1 unspecified atom stereocenters. The van der Waals surface area contributed by atoms with Crippen LogP contribution in [0.15, 0.2) is 24.5 Å². The number of methoxy groups -OCH3 is 2. The quantitative estimate of drug-likeness (QED) is 0.861. The predicted molar refractivity (Wildman–Crippen MR) is 73.8 cm³/mol. The highest BCUT2D eigenvalue weighted by Crippen LogP contribution is 2.35. The van der Waals surface area contributed by atoms with Gasteiger partial charge < -0.3 is 20.2 Å². The molecule has 5 nitrogen and oxygen atoms in total. The Labute approximate surface area is 112 Å². The van der Waals surface area contributed by atoms with Crippen molar-refractivity contribution in [3.8, 4) is 11.5 Å². The van der Waals surface area contributed by atoms with Gasteiger partial charge in [-0.05, 0) is 24.6 Å². The first-order valence-corrected chi connectivity index (χ1v) is 6.13. The summed E-state index contributed by atoms with van der Waals surface area (Å²) in [6.45, 7) is 2.42. The molecule has 1 aromatic heterocycles. The summed E-state index contributed by atoms with van der Waals surface area (Å²) in [5.41, 5.74) is 7.89. The van der Waals surface area contributed by atoms with Gasteiger partial charge >= 0.3 is 0 Å². The van der Waals surface area contributed by atoms with Crippen molar-refractivity contribution >= 4 is 0 Å². The third-order valence-corrected chi connectivity index (χ3v) is 3.21. The maximum absolute atomic E-state index is 5.89. The van der Waals surface area contributed by atoms with Gasteiger partial charge in [0.2, 0.25) is 0 Å². The number of aromatic amines is 1. The molecule has 19 heavy (non-hydrogen) atoms. The summed E-state index contributed by atoms with van der Waals surface area (Å²) in [5, 5.41) is 0. The van der Waals surface area contributed by atoms with E-state index in [1.807, 2.05) is 19.1 Å². The second kappa shape index (κ2) is 5.75. The number of hydrogen-bond donors (Lipinski definition) is 2. The molecular formula is C14H19N3O2. The fourth-order valence-corrected chi connectivity index (χ4v) is 2.20. The summed E-state index contributed by atoms with van der Waals surface area (Å²) in [6.07, 6.45) is 3.51. The normalized spacial score (nSPS) is 12.2. The maximum atomic E-state index is 5.89. The lowest BCUT2D eigenvalue weighted by molar-refractivity contribution is 0.394. The van der Waals surface area contributed by atoms with Crippen LogP contribution in [0.25, 0.3) is 0 Å². The average Bonchev–Trinajstić information content (AvgIpc) is 2.94. The Hall–Kier alpha value is -2.01. The van der Waals surface area contributed by atoms with Crippen molar-refractivity contribution in [1.82, 2.24) is 9.97 Å². The van der Waals surface area contributed by atoms with Gasteiger partial charge in [-0.25, -0.2) is 4.98 Å². The lowest BCUT2D eigenvalue weighted by Gasteiger charge is -2.18. The number of benzene rings is 1. The molecule has 5 heteroatoms. The number of nitrogens with zero attached hydrogens (tertiary/aromatic N) is 1. The van der Waals surface area contributed by atoms with E-state index >= 15 is 0 Å². The van der Waals surface area contributed by atoms with Crippen molar-refractivity contribution < 1.29 is 9.47 Å². The maximum Gasteiger partial charge on any atom is 0.123 e. The van der Waals surface area contributed by atoms with Crippen LogP contribution < -0.4 is 15.2 Å². The first kappa shape index (κ1) is 13.4. The Balaban J connectivity index is 2.52. The van der Waals surface area contributed by atoms with E-state index in [-0.39, 0.29) is 5.92 Å². The first-order valence-electron chi connectivity index (χ1n) is 6.13. The van der Waals surface area contributed by atoms with E-state index < -0.39 is 0 Å². The van der Waals surface area contributed by atoms with Gasteiger partial charge in [0.25, 0.3) is 0 Å². The number of nitrogens with one attached hydrogen (secondary N) is 1. The molecule has 2 aromatic rings. The summed E-state index contributed by atoms with van der Waals surface area (Å²) < 4.78 is 10.8. The minimum Gasteiger partial charge on any atom is -0.496 e. The van der Waals surface area contributed by atoms with Crippen LogP contribution in [0.1, 0.15) is 22.9 Å². The average molecular weight is 261 g/mol. The second-order valence-electron chi connectivity index (χ2n) is 4.33. The van der Waals surface area contributed by atoms with E-state index in [9.17, 15) is 0 Å². The smallest absolute Gasteiger partial charge is 0.123 e. The zero-order chi connectivity index (χ0) is 13.8. The summed E-state index contributed by atoms with van der Waals surface area (Å²) in [6, 6.07) is 3.92. The van der Waals surface area contributed by atoms with Crippen molar-refractivity contribution in [2.45, 2.75) is 12.8 Å². The first-order chi connectivity index (χ1) is 9.21. The Morgan fingerprint density at radius 2 is 2.00 bits per heavy atom. The molecule has 0 aliphatic carbocycles. The lowest BCUT2D eigenvalue weighted by Crippen LogP contribution is -2.16. The van der Waals surface area contributed by atoms with Gasteiger partial charge in [-0.1, -0.05) is 0 Å². The number of nitrogens with two attached hydrogens (primary N) is 1. The lowest BCUT2D eigenvalue weighted by atomic mass is 9.95. The van der Waals surface area contributed by atoms with Crippen LogP contribution in [0.4, 0.5) is 0 Å². The van der Waals surface area contributed by atoms with E-state index in [1.165, 1.54) is 0 Å². The van der Waals surface area contributed by atoms with Crippen molar-refractivity contribution in [1.29, 1.82) is 0 Å². The molecule has 1 aromatic carbocycles. The molecule has 1 atom stereocenters. The van der Waals surface area contributed by atoms with E-state index in [0.29, 0.717) is 6.54 Å². The van der Waals surface area contributed by atoms with Crippen LogP contribution in [-0.2, 0) is 0 Å². The molecular weight excluding hydrogens is 242 g/mol.